The van der Waals surface area contributed by atoms with Crippen LogP contribution in [0.15, 0.2) is 18.2 Å². The predicted octanol–water partition coefficient (Wildman–Crippen LogP) is 3.54. The Morgan fingerprint density at radius 2 is 1.72 bits per heavy atom. The highest BCUT2D eigenvalue weighted by atomic mass is 19.4. The van der Waals surface area contributed by atoms with E-state index in [4.69, 9.17) is 5.84 Å². The van der Waals surface area contributed by atoms with Gasteiger partial charge in [-0.05, 0) is 32.3 Å². The Bertz CT molecular complexity index is 368. The molecule has 1 rings (SSSR count). The van der Waals surface area contributed by atoms with E-state index in [-0.39, 0.29) is 12.5 Å². The molecule has 0 saturated carbocycles. The second-order valence-corrected chi connectivity index (χ2v) is 4.65. The monoisotopic (exact) mass is 260 g/mol. The van der Waals surface area contributed by atoms with Gasteiger partial charge in [0.15, 0.2) is 0 Å². The molecule has 1 atom stereocenters. The van der Waals surface area contributed by atoms with Crippen LogP contribution in [0.4, 0.5) is 13.2 Å². The van der Waals surface area contributed by atoms with Crippen LogP contribution in [0.1, 0.15) is 42.0 Å². The fourth-order valence-electron chi connectivity index (χ4n) is 2.06. The van der Waals surface area contributed by atoms with E-state index in [0.29, 0.717) is 6.42 Å². The van der Waals surface area contributed by atoms with Crippen molar-refractivity contribution in [2.24, 2.45) is 5.84 Å². The van der Waals surface area contributed by atoms with E-state index in [1.807, 2.05) is 32.0 Å². The molecule has 0 aromatic heterocycles. The highest BCUT2D eigenvalue weighted by Gasteiger charge is 2.26. The van der Waals surface area contributed by atoms with E-state index < -0.39 is 12.6 Å². The Kier molecular flexibility index (Phi) is 5.16. The summed E-state index contributed by atoms with van der Waals surface area (Å²) in [6.45, 7) is 3.92. The van der Waals surface area contributed by atoms with Gasteiger partial charge in [-0.3, -0.25) is 11.3 Å². The quantitative estimate of drug-likeness (QED) is 0.627. The molecule has 1 aromatic rings. The summed E-state index contributed by atoms with van der Waals surface area (Å²) >= 11 is 0. The molecule has 0 heterocycles. The summed E-state index contributed by atoms with van der Waals surface area (Å²) in [7, 11) is 0. The van der Waals surface area contributed by atoms with Crippen molar-refractivity contribution in [2.45, 2.75) is 45.3 Å². The highest BCUT2D eigenvalue weighted by Crippen LogP contribution is 2.26. The highest BCUT2D eigenvalue weighted by molar-refractivity contribution is 5.30. The lowest BCUT2D eigenvalue weighted by molar-refractivity contribution is -0.135. The molecule has 102 valence electrons. The molecule has 0 aliphatic heterocycles. The van der Waals surface area contributed by atoms with Crippen LogP contribution < -0.4 is 11.3 Å². The van der Waals surface area contributed by atoms with Gasteiger partial charge in [0.25, 0.3) is 0 Å². The summed E-state index contributed by atoms with van der Waals surface area (Å²) in [5.74, 6) is 5.42. The summed E-state index contributed by atoms with van der Waals surface area (Å²) in [5.41, 5.74) is 5.70. The average Bonchev–Trinajstić information content (AvgIpc) is 2.21. The molecule has 0 saturated heterocycles. The SMILES string of the molecule is Cc1cc(C)cc(C(CCCC(F)(F)F)NN)c1. The molecule has 1 aromatic carbocycles. The second-order valence-electron chi connectivity index (χ2n) is 4.65. The van der Waals surface area contributed by atoms with Crippen LogP contribution >= 0.6 is 0 Å². The number of alkyl halides is 3. The predicted molar refractivity (Wildman–Crippen MR) is 65.9 cm³/mol. The smallest absolute Gasteiger partial charge is 0.271 e. The molecule has 0 fully saturated rings. The Hall–Kier alpha value is -1.07. The van der Waals surface area contributed by atoms with E-state index in [9.17, 15) is 13.2 Å². The first kappa shape index (κ1) is 15.0. The summed E-state index contributed by atoms with van der Waals surface area (Å²) in [6.07, 6.45) is -4.41. The molecule has 0 bridgehead atoms. The first-order valence-corrected chi connectivity index (χ1v) is 5.93. The molecule has 0 spiro atoms. The molecule has 0 radical (unpaired) electrons. The molecular weight excluding hydrogens is 241 g/mol. The van der Waals surface area contributed by atoms with Gasteiger partial charge in [0, 0.05) is 12.5 Å². The van der Waals surface area contributed by atoms with Crippen LogP contribution in [0.5, 0.6) is 0 Å². The summed E-state index contributed by atoms with van der Waals surface area (Å²) in [6, 6.07) is 5.69. The lowest BCUT2D eigenvalue weighted by atomic mass is 9.98. The number of benzene rings is 1. The fraction of sp³-hybridized carbons (Fsp3) is 0.538. The van der Waals surface area contributed by atoms with Gasteiger partial charge >= 0.3 is 6.18 Å². The van der Waals surface area contributed by atoms with Crippen LogP contribution in [-0.4, -0.2) is 6.18 Å². The first-order chi connectivity index (χ1) is 8.31. The summed E-state index contributed by atoms with van der Waals surface area (Å²) in [4.78, 5) is 0. The van der Waals surface area contributed by atoms with Crippen molar-refractivity contribution >= 4 is 0 Å². The van der Waals surface area contributed by atoms with E-state index in [1.54, 1.807) is 0 Å². The normalized spacial score (nSPS) is 13.7. The maximum atomic E-state index is 12.1. The van der Waals surface area contributed by atoms with Crippen molar-refractivity contribution in [1.82, 2.24) is 5.43 Å². The van der Waals surface area contributed by atoms with Gasteiger partial charge in [-0.15, -0.1) is 0 Å². The molecule has 0 aliphatic rings. The molecule has 0 amide bonds. The number of hydrazine groups is 1. The Labute approximate surface area is 105 Å². The number of nitrogens with two attached hydrogens (primary N) is 1. The molecule has 0 aliphatic carbocycles. The molecule has 1 unspecified atom stereocenters. The van der Waals surface area contributed by atoms with Crippen molar-refractivity contribution in [3.63, 3.8) is 0 Å². The molecule has 2 nitrogen and oxygen atoms in total. The molecule has 18 heavy (non-hydrogen) atoms. The van der Waals surface area contributed by atoms with Gasteiger partial charge in [-0.2, -0.15) is 13.2 Å². The zero-order chi connectivity index (χ0) is 13.8. The van der Waals surface area contributed by atoms with Crippen molar-refractivity contribution in [3.8, 4) is 0 Å². The van der Waals surface area contributed by atoms with Crippen molar-refractivity contribution in [2.75, 3.05) is 0 Å². The largest absolute Gasteiger partial charge is 0.389 e. The average molecular weight is 260 g/mol. The Balaban J connectivity index is 2.65. The third-order valence-electron chi connectivity index (χ3n) is 2.80. The molecular formula is C13H19F3N2. The first-order valence-electron chi connectivity index (χ1n) is 5.93. The second kappa shape index (κ2) is 6.20. The zero-order valence-corrected chi connectivity index (χ0v) is 10.6. The van der Waals surface area contributed by atoms with Gasteiger partial charge in [-0.25, -0.2) is 0 Å². The zero-order valence-electron chi connectivity index (χ0n) is 10.6. The Morgan fingerprint density at radius 3 is 2.17 bits per heavy atom. The fourth-order valence-corrected chi connectivity index (χ4v) is 2.06. The number of nitrogens with one attached hydrogen (secondary N) is 1. The third-order valence-corrected chi connectivity index (χ3v) is 2.80. The maximum absolute atomic E-state index is 12.1. The third kappa shape index (κ3) is 5.06. The minimum atomic E-state index is -4.10. The number of halogens is 3. The van der Waals surface area contributed by atoms with E-state index >= 15 is 0 Å². The Morgan fingerprint density at radius 1 is 1.17 bits per heavy atom. The van der Waals surface area contributed by atoms with Crippen molar-refractivity contribution < 1.29 is 13.2 Å². The lowest BCUT2D eigenvalue weighted by Crippen LogP contribution is -2.28. The van der Waals surface area contributed by atoms with Gasteiger partial charge < -0.3 is 0 Å². The van der Waals surface area contributed by atoms with Gasteiger partial charge in [-0.1, -0.05) is 29.3 Å². The molecule has 5 heteroatoms. The summed E-state index contributed by atoms with van der Waals surface area (Å²) < 4.78 is 36.3. The van der Waals surface area contributed by atoms with E-state index in [1.165, 1.54) is 0 Å². The van der Waals surface area contributed by atoms with Crippen LogP contribution in [-0.2, 0) is 0 Å². The van der Waals surface area contributed by atoms with Crippen LogP contribution in [0.25, 0.3) is 0 Å². The molecule has 3 N–H and O–H groups in total. The summed E-state index contributed by atoms with van der Waals surface area (Å²) in [5, 5.41) is 0. The van der Waals surface area contributed by atoms with Gasteiger partial charge in [0.1, 0.15) is 0 Å². The van der Waals surface area contributed by atoms with Gasteiger partial charge in [0.05, 0.1) is 0 Å². The topological polar surface area (TPSA) is 38.0 Å². The minimum Gasteiger partial charge on any atom is -0.271 e. The van der Waals surface area contributed by atoms with E-state index in [0.717, 1.165) is 16.7 Å². The maximum Gasteiger partial charge on any atom is 0.389 e. The van der Waals surface area contributed by atoms with Gasteiger partial charge in [0.2, 0.25) is 0 Å². The number of rotatable bonds is 5. The van der Waals surface area contributed by atoms with Crippen LogP contribution in [0.2, 0.25) is 0 Å². The lowest BCUT2D eigenvalue weighted by Gasteiger charge is -2.18. The number of hydrogen-bond donors (Lipinski definition) is 2. The number of hydrogen-bond acceptors (Lipinski definition) is 2. The van der Waals surface area contributed by atoms with Crippen molar-refractivity contribution in [3.05, 3.63) is 34.9 Å². The van der Waals surface area contributed by atoms with Crippen LogP contribution in [0, 0.1) is 13.8 Å². The van der Waals surface area contributed by atoms with Crippen molar-refractivity contribution in [1.29, 1.82) is 0 Å². The van der Waals surface area contributed by atoms with E-state index in [2.05, 4.69) is 5.43 Å². The van der Waals surface area contributed by atoms with Crippen LogP contribution in [0.3, 0.4) is 0 Å². The minimum absolute atomic E-state index is 0.0748. The number of aryl methyl sites for hydroxylation is 2. The standard InChI is InChI=1S/C13H19F3N2/c1-9-6-10(2)8-11(7-9)12(18-17)4-3-5-13(14,15)16/h6-8,12,18H,3-5,17H2,1-2H3.